The van der Waals surface area contributed by atoms with E-state index in [4.69, 9.17) is 4.74 Å². The molecule has 3 aromatic rings. The van der Waals surface area contributed by atoms with Crippen molar-refractivity contribution >= 4 is 5.97 Å². The van der Waals surface area contributed by atoms with Crippen LogP contribution in [0.15, 0.2) is 72.8 Å². The van der Waals surface area contributed by atoms with Crippen LogP contribution in [0.2, 0.25) is 0 Å². The fourth-order valence-electron chi connectivity index (χ4n) is 3.69. The van der Waals surface area contributed by atoms with Gasteiger partial charge in [0.05, 0.1) is 5.56 Å². The molecule has 0 aliphatic heterocycles. The summed E-state index contributed by atoms with van der Waals surface area (Å²) in [4.78, 5) is 12.5. The minimum atomic E-state index is -0.314. The molecule has 3 rings (SSSR count). The van der Waals surface area contributed by atoms with Crippen molar-refractivity contribution in [2.24, 2.45) is 0 Å². The van der Waals surface area contributed by atoms with E-state index in [2.05, 4.69) is 38.1 Å². The predicted molar refractivity (Wildman–Crippen MR) is 130 cm³/mol. The molecule has 0 unspecified atom stereocenters. The summed E-state index contributed by atoms with van der Waals surface area (Å²) in [6.45, 7) is 4.44. The zero-order chi connectivity index (χ0) is 21.9. The summed E-state index contributed by atoms with van der Waals surface area (Å²) in [5, 5.41) is 0. The summed E-state index contributed by atoms with van der Waals surface area (Å²) in [6, 6.07) is 24.3. The molecule has 0 N–H and O–H groups in total. The third-order valence-electron chi connectivity index (χ3n) is 5.68. The third-order valence-corrected chi connectivity index (χ3v) is 5.68. The van der Waals surface area contributed by atoms with Crippen LogP contribution < -0.4 is 4.74 Å². The Morgan fingerprint density at radius 1 is 0.613 bits per heavy atom. The number of benzene rings is 3. The molecule has 2 nitrogen and oxygen atoms in total. The van der Waals surface area contributed by atoms with Gasteiger partial charge in [-0.2, -0.15) is 0 Å². The monoisotopic (exact) mass is 414 g/mol. The molecule has 0 radical (unpaired) electrons. The van der Waals surface area contributed by atoms with Crippen LogP contribution in [0.3, 0.4) is 0 Å². The Balaban J connectivity index is 1.55. The van der Waals surface area contributed by atoms with Crippen molar-refractivity contribution in [2.75, 3.05) is 0 Å². The number of unbranched alkanes of at least 4 members (excludes halogenated alkanes) is 4. The van der Waals surface area contributed by atoms with Crippen molar-refractivity contribution in [3.05, 3.63) is 89.5 Å². The van der Waals surface area contributed by atoms with Crippen molar-refractivity contribution in [3.63, 3.8) is 0 Å². The Hall–Kier alpha value is -2.87. The third kappa shape index (κ3) is 7.10. The lowest BCUT2D eigenvalue weighted by molar-refractivity contribution is 0.0735. The van der Waals surface area contributed by atoms with Crippen LogP contribution in [0.25, 0.3) is 11.1 Å². The Morgan fingerprint density at radius 2 is 1.13 bits per heavy atom. The number of aryl methyl sites for hydroxylation is 2. The van der Waals surface area contributed by atoms with Crippen molar-refractivity contribution in [1.82, 2.24) is 0 Å². The first-order valence-electron chi connectivity index (χ1n) is 11.7. The van der Waals surface area contributed by atoms with Crippen LogP contribution in [-0.2, 0) is 12.8 Å². The van der Waals surface area contributed by atoms with Gasteiger partial charge in [-0.3, -0.25) is 0 Å². The van der Waals surface area contributed by atoms with Crippen molar-refractivity contribution in [3.8, 4) is 16.9 Å². The first kappa shape index (κ1) is 22.8. The second-order valence-corrected chi connectivity index (χ2v) is 8.22. The molecule has 3 aromatic carbocycles. The largest absolute Gasteiger partial charge is 0.423 e. The first-order chi connectivity index (χ1) is 15.2. The lowest BCUT2D eigenvalue weighted by atomic mass is 10.0. The van der Waals surface area contributed by atoms with Crippen LogP contribution >= 0.6 is 0 Å². The topological polar surface area (TPSA) is 26.3 Å². The molecule has 0 fully saturated rings. The maximum atomic E-state index is 12.5. The summed E-state index contributed by atoms with van der Waals surface area (Å²) in [5.74, 6) is 0.252. The normalized spacial score (nSPS) is 10.8. The average Bonchev–Trinajstić information content (AvgIpc) is 2.82. The van der Waals surface area contributed by atoms with Gasteiger partial charge in [-0.15, -0.1) is 0 Å². The maximum Gasteiger partial charge on any atom is 0.343 e. The summed E-state index contributed by atoms with van der Waals surface area (Å²) in [7, 11) is 0. The van der Waals surface area contributed by atoms with Crippen LogP contribution in [0.4, 0.5) is 0 Å². The Bertz CT molecular complexity index is 922. The number of hydrogen-bond donors (Lipinski definition) is 0. The van der Waals surface area contributed by atoms with Gasteiger partial charge in [0.1, 0.15) is 5.75 Å². The minimum Gasteiger partial charge on any atom is -0.423 e. The lowest BCUT2D eigenvalue weighted by Gasteiger charge is -2.08. The standard InChI is InChI=1S/C29H34O2/c1-3-5-7-8-10-24-13-17-27(18-14-24)29(30)31-28-21-19-26(20-22-28)25-15-11-23(12-16-25)9-6-4-2/h11-22H,3-10H2,1-2H3. The van der Waals surface area contributed by atoms with E-state index in [1.807, 2.05) is 48.5 Å². The predicted octanol–water partition coefficient (Wildman–Crippen LogP) is 8.04. The minimum absolute atomic E-state index is 0.314. The Kier molecular flexibility index (Phi) is 8.90. The molecule has 2 heteroatoms. The zero-order valence-corrected chi connectivity index (χ0v) is 18.9. The number of carbonyl (C=O) groups excluding carboxylic acids is 1. The van der Waals surface area contributed by atoms with Crippen molar-refractivity contribution in [2.45, 2.75) is 65.2 Å². The molecule has 0 aromatic heterocycles. The first-order valence-corrected chi connectivity index (χ1v) is 11.7. The Morgan fingerprint density at radius 3 is 1.71 bits per heavy atom. The van der Waals surface area contributed by atoms with Crippen molar-refractivity contribution < 1.29 is 9.53 Å². The number of hydrogen-bond acceptors (Lipinski definition) is 2. The van der Waals surface area contributed by atoms with Crippen LogP contribution in [-0.4, -0.2) is 5.97 Å². The van der Waals surface area contributed by atoms with Gasteiger partial charge >= 0.3 is 5.97 Å². The second kappa shape index (κ2) is 12.1. The zero-order valence-electron chi connectivity index (χ0n) is 18.9. The van der Waals surface area contributed by atoms with Gasteiger partial charge in [0.25, 0.3) is 0 Å². The van der Waals surface area contributed by atoms with Crippen LogP contribution in [0, 0.1) is 0 Å². The van der Waals surface area contributed by atoms with E-state index in [-0.39, 0.29) is 5.97 Å². The molecule has 0 amide bonds. The molecular weight excluding hydrogens is 380 g/mol. The molecule has 0 spiro atoms. The molecule has 0 bridgehead atoms. The van der Waals surface area contributed by atoms with Gasteiger partial charge in [-0.1, -0.05) is 88.1 Å². The van der Waals surface area contributed by atoms with Gasteiger partial charge in [-0.25, -0.2) is 4.79 Å². The summed E-state index contributed by atoms with van der Waals surface area (Å²) >= 11 is 0. The van der Waals surface area contributed by atoms with Crippen LogP contribution in [0.5, 0.6) is 5.75 Å². The molecule has 0 heterocycles. The summed E-state index contributed by atoms with van der Waals surface area (Å²) < 4.78 is 5.57. The molecule has 0 aliphatic carbocycles. The van der Waals surface area contributed by atoms with E-state index in [0.717, 1.165) is 18.4 Å². The smallest absolute Gasteiger partial charge is 0.343 e. The molecule has 0 saturated carbocycles. The van der Waals surface area contributed by atoms with E-state index >= 15 is 0 Å². The lowest BCUT2D eigenvalue weighted by Crippen LogP contribution is -2.08. The van der Waals surface area contributed by atoms with E-state index in [1.165, 1.54) is 55.2 Å². The Labute approximate surface area is 187 Å². The van der Waals surface area contributed by atoms with Gasteiger partial charge in [0.2, 0.25) is 0 Å². The highest BCUT2D eigenvalue weighted by atomic mass is 16.5. The van der Waals surface area contributed by atoms with Gasteiger partial charge < -0.3 is 4.74 Å². The average molecular weight is 415 g/mol. The van der Waals surface area contributed by atoms with E-state index in [0.29, 0.717) is 11.3 Å². The molecule has 0 aliphatic rings. The molecule has 0 atom stereocenters. The number of ether oxygens (including phenoxy) is 1. The van der Waals surface area contributed by atoms with Crippen LogP contribution in [0.1, 0.15) is 73.9 Å². The highest BCUT2D eigenvalue weighted by Crippen LogP contribution is 2.24. The van der Waals surface area contributed by atoms with Gasteiger partial charge in [0, 0.05) is 0 Å². The van der Waals surface area contributed by atoms with Gasteiger partial charge in [0.15, 0.2) is 0 Å². The highest BCUT2D eigenvalue weighted by molar-refractivity contribution is 5.91. The molecular formula is C29H34O2. The number of carbonyl (C=O) groups is 1. The molecule has 162 valence electrons. The SMILES string of the molecule is CCCCCCc1ccc(C(=O)Oc2ccc(-c3ccc(CCCC)cc3)cc2)cc1. The number of rotatable bonds is 11. The summed E-state index contributed by atoms with van der Waals surface area (Å²) in [5.41, 5.74) is 5.53. The highest BCUT2D eigenvalue weighted by Gasteiger charge is 2.09. The van der Waals surface area contributed by atoms with Gasteiger partial charge in [-0.05, 0) is 72.2 Å². The number of esters is 1. The van der Waals surface area contributed by atoms with E-state index < -0.39 is 0 Å². The maximum absolute atomic E-state index is 12.5. The summed E-state index contributed by atoms with van der Waals surface area (Å²) in [6.07, 6.45) is 9.63. The molecule has 0 saturated heterocycles. The second-order valence-electron chi connectivity index (χ2n) is 8.22. The quantitative estimate of drug-likeness (QED) is 0.180. The van der Waals surface area contributed by atoms with E-state index in [1.54, 1.807) is 0 Å². The van der Waals surface area contributed by atoms with E-state index in [9.17, 15) is 4.79 Å². The fourth-order valence-corrected chi connectivity index (χ4v) is 3.69. The molecule has 31 heavy (non-hydrogen) atoms. The fraction of sp³-hybridized carbons (Fsp3) is 0.345. The van der Waals surface area contributed by atoms with Crippen molar-refractivity contribution in [1.29, 1.82) is 0 Å².